The summed E-state index contributed by atoms with van der Waals surface area (Å²) in [6.07, 6.45) is 1.85. The predicted molar refractivity (Wildman–Crippen MR) is 77.8 cm³/mol. The lowest BCUT2D eigenvalue weighted by atomic mass is 10.0. The molecular formula is C15H18N2O3. The number of H-pyrrole nitrogens is 1. The molecule has 0 aliphatic carbocycles. The molecule has 0 bridgehead atoms. The average molecular weight is 274 g/mol. The van der Waals surface area contributed by atoms with Gasteiger partial charge in [0.25, 0.3) is 5.91 Å². The van der Waals surface area contributed by atoms with Crippen LogP contribution in [-0.2, 0) is 0 Å². The van der Waals surface area contributed by atoms with Gasteiger partial charge in [-0.3, -0.25) is 9.59 Å². The van der Waals surface area contributed by atoms with Crippen LogP contribution in [0.15, 0.2) is 35.3 Å². The highest BCUT2D eigenvalue weighted by Gasteiger charge is 2.22. The summed E-state index contributed by atoms with van der Waals surface area (Å²) in [5.41, 5.74) is -0.0840. The predicted octanol–water partition coefficient (Wildman–Crippen LogP) is 1.42. The highest BCUT2D eigenvalue weighted by molar-refractivity contribution is 5.97. The highest BCUT2D eigenvalue weighted by Crippen LogP contribution is 2.10. The van der Waals surface area contributed by atoms with Crippen molar-refractivity contribution in [3.8, 4) is 0 Å². The van der Waals surface area contributed by atoms with E-state index in [1.54, 1.807) is 32.0 Å². The minimum atomic E-state index is -0.566. The molecule has 0 radical (unpaired) electrons. The van der Waals surface area contributed by atoms with Crippen molar-refractivity contribution in [2.75, 3.05) is 6.61 Å². The first-order chi connectivity index (χ1) is 9.44. The van der Waals surface area contributed by atoms with Gasteiger partial charge < -0.3 is 15.4 Å². The molecule has 0 aliphatic rings. The fraction of sp³-hybridized carbons (Fsp3) is 0.333. The van der Waals surface area contributed by atoms with E-state index in [1.165, 1.54) is 6.20 Å². The number of carbonyl (C=O) groups is 1. The first-order valence-electron chi connectivity index (χ1n) is 6.48. The summed E-state index contributed by atoms with van der Waals surface area (Å²) in [5, 5.41) is 12.2. The molecule has 20 heavy (non-hydrogen) atoms. The van der Waals surface area contributed by atoms with Gasteiger partial charge in [-0.15, -0.1) is 0 Å². The zero-order valence-electron chi connectivity index (χ0n) is 11.6. The lowest BCUT2D eigenvalue weighted by molar-refractivity contribution is 0.0898. The largest absolute Gasteiger partial charge is 0.396 e. The van der Waals surface area contributed by atoms with Crippen LogP contribution in [0.4, 0.5) is 0 Å². The lowest BCUT2D eigenvalue weighted by Gasteiger charge is -2.25. The lowest BCUT2D eigenvalue weighted by Crippen LogP contribution is -2.45. The van der Waals surface area contributed by atoms with Crippen molar-refractivity contribution in [3.05, 3.63) is 46.2 Å². The molecule has 0 unspecified atom stereocenters. The van der Waals surface area contributed by atoms with Crippen LogP contribution < -0.4 is 10.7 Å². The van der Waals surface area contributed by atoms with Gasteiger partial charge >= 0.3 is 0 Å². The van der Waals surface area contributed by atoms with Crippen molar-refractivity contribution < 1.29 is 9.90 Å². The number of rotatable bonds is 4. The molecule has 0 saturated heterocycles. The summed E-state index contributed by atoms with van der Waals surface area (Å²) < 4.78 is 0. The minimum absolute atomic E-state index is 0.0264. The molecule has 0 aliphatic heterocycles. The summed E-state index contributed by atoms with van der Waals surface area (Å²) in [7, 11) is 0. The Kier molecular flexibility index (Phi) is 3.90. The maximum absolute atomic E-state index is 12.3. The van der Waals surface area contributed by atoms with Crippen molar-refractivity contribution in [2.45, 2.75) is 25.8 Å². The minimum Gasteiger partial charge on any atom is -0.396 e. The summed E-state index contributed by atoms with van der Waals surface area (Å²) in [4.78, 5) is 27.4. The topological polar surface area (TPSA) is 82.2 Å². The highest BCUT2D eigenvalue weighted by atomic mass is 16.3. The third-order valence-corrected chi connectivity index (χ3v) is 3.22. The standard InChI is InChI=1S/C15H18N2O3/c1-15(2,7-8-18)17-14(20)11-9-16-12-6-4-3-5-10(12)13(11)19/h3-6,9,18H,7-8H2,1-2H3,(H,16,19)(H,17,20). The number of para-hydroxylation sites is 1. The molecule has 5 heteroatoms. The number of hydrogen-bond donors (Lipinski definition) is 3. The van der Waals surface area contributed by atoms with E-state index in [9.17, 15) is 9.59 Å². The van der Waals surface area contributed by atoms with Crippen molar-refractivity contribution in [1.82, 2.24) is 10.3 Å². The monoisotopic (exact) mass is 274 g/mol. The molecular weight excluding hydrogens is 256 g/mol. The number of aliphatic hydroxyl groups is 1. The van der Waals surface area contributed by atoms with Crippen molar-refractivity contribution in [2.24, 2.45) is 0 Å². The number of aromatic amines is 1. The van der Waals surface area contributed by atoms with E-state index in [0.717, 1.165) is 0 Å². The smallest absolute Gasteiger partial charge is 0.257 e. The van der Waals surface area contributed by atoms with Crippen LogP contribution in [-0.4, -0.2) is 28.1 Å². The van der Waals surface area contributed by atoms with E-state index in [0.29, 0.717) is 17.3 Å². The SMILES string of the molecule is CC(C)(CCO)NC(=O)c1c[nH]c2ccccc2c1=O. The number of benzene rings is 1. The van der Waals surface area contributed by atoms with E-state index >= 15 is 0 Å². The Morgan fingerprint density at radius 2 is 2.05 bits per heavy atom. The van der Waals surface area contributed by atoms with Gasteiger partial charge in [-0.1, -0.05) is 12.1 Å². The molecule has 2 aromatic rings. The third kappa shape index (κ3) is 2.88. The normalized spacial score (nSPS) is 11.6. The Morgan fingerprint density at radius 3 is 2.75 bits per heavy atom. The molecule has 0 atom stereocenters. The third-order valence-electron chi connectivity index (χ3n) is 3.22. The van der Waals surface area contributed by atoms with Crippen LogP contribution >= 0.6 is 0 Å². The molecule has 1 aromatic carbocycles. The van der Waals surface area contributed by atoms with Gasteiger partial charge in [0, 0.05) is 29.2 Å². The van der Waals surface area contributed by atoms with E-state index in [4.69, 9.17) is 5.11 Å². The molecule has 1 heterocycles. The Bertz CT molecular complexity index is 689. The first kappa shape index (κ1) is 14.3. The van der Waals surface area contributed by atoms with Crippen LogP contribution in [0.3, 0.4) is 0 Å². The number of pyridine rings is 1. The second-order valence-corrected chi connectivity index (χ2v) is 5.39. The molecule has 3 N–H and O–H groups in total. The van der Waals surface area contributed by atoms with E-state index in [1.807, 2.05) is 6.07 Å². The van der Waals surface area contributed by atoms with E-state index in [2.05, 4.69) is 10.3 Å². The molecule has 106 valence electrons. The maximum atomic E-state index is 12.3. The van der Waals surface area contributed by atoms with Gasteiger partial charge in [-0.25, -0.2) is 0 Å². The number of nitrogens with one attached hydrogen (secondary N) is 2. The number of aromatic nitrogens is 1. The van der Waals surface area contributed by atoms with Gasteiger partial charge in [0.2, 0.25) is 5.43 Å². The second kappa shape index (κ2) is 5.46. The molecule has 2 rings (SSSR count). The van der Waals surface area contributed by atoms with Crippen LogP contribution in [0.5, 0.6) is 0 Å². The Hall–Kier alpha value is -2.14. The molecule has 0 saturated carbocycles. The Labute approximate surface area is 116 Å². The number of aliphatic hydroxyl groups excluding tert-OH is 1. The molecule has 1 amide bonds. The fourth-order valence-electron chi connectivity index (χ4n) is 2.05. The maximum Gasteiger partial charge on any atom is 0.257 e. The zero-order valence-corrected chi connectivity index (χ0v) is 11.6. The summed E-state index contributed by atoms with van der Waals surface area (Å²) in [6, 6.07) is 7.05. The summed E-state index contributed by atoms with van der Waals surface area (Å²) >= 11 is 0. The Balaban J connectivity index is 2.36. The average Bonchev–Trinajstić information content (AvgIpc) is 2.38. The van der Waals surface area contributed by atoms with E-state index in [-0.39, 0.29) is 17.6 Å². The summed E-state index contributed by atoms with van der Waals surface area (Å²) in [6.45, 7) is 3.58. The van der Waals surface area contributed by atoms with Gasteiger partial charge in [0.1, 0.15) is 5.56 Å². The number of fused-ring (bicyclic) bond motifs is 1. The Morgan fingerprint density at radius 1 is 1.35 bits per heavy atom. The first-order valence-corrected chi connectivity index (χ1v) is 6.48. The van der Waals surface area contributed by atoms with Gasteiger partial charge in [0.15, 0.2) is 0 Å². The number of hydrogen-bond acceptors (Lipinski definition) is 3. The number of carbonyl (C=O) groups excluding carboxylic acids is 1. The van der Waals surface area contributed by atoms with Crippen LogP contribution in [0.1, 0.15) is 30.6 Å². The fourth-order valence-corrected chi connectivity index (χ4v) is 2.05. The molecule has 5 nitrogen and oxygen atoms in total. The van der Waals surface area contributed by atoms with Gasteiger partial charge in [0.05, 0.1) is 0 Å². The van der Waals surface area contributed by atoms with Gasteiger partial charge in [-0.2, -0.15) is 0 Å². The summed E-state index contributed by atoms with van der Waals surface area (Å²) in [5.74, 6) is -0.435. The van der Waals surface area contributed by atoms with Gasteiger partial charge in [-0.05, 0) is 32.4 Å². The second-order valence-electron chi connectivity index (χ2n) is 5.39. The van der Waals surface area contributed by atoms with Crippen molar-refractivity contribution in [3.63, 3.8) is 0 Å². The van der Waals surface area contributed by atoms with Crippen molar-refractivity contribution in [1.29, 1.82) is 0 Å². The molecule has 1 aromatic heterocycles. The van der Waals surface area contributed by atoms with Crippen LogP contribution in [0.25, 0.3) is 10.9 Å². The van der Waals surface area contributed by atoms with Crippen LogP contribution in [0.2, 0.25) is 0 Å². The molecule has 0 fully saturated rings. The number of amides is 1. The molecule has 0 spiro atoms. The van der Waals surface area contributed by atoms with E-state index < -0.39 is 11.4 Å². The van der Waals surface area contributed by atoms with Crippen molar-refractivity contribution >= 4 is 16.8 Å². The zero-order chi connectivity index (χ0) is 14.8. The van der Waals surface area contributed by atoms with Crippen LogP contribution in [0, 0.1) is 0 Å². The quantitative estimate of drug-likeness (QED) is 0.788.